The Morgan fingerprint density at radius 1 is 1.18 bits per heavy atom. The fourth-order valence-electron chi connectivity index (χ4n) is 0.440. The van der Waals surface area contributed by atoms with Gasteiger partial charge < -0.3 is 10.2 Å². The second-order valence-corrected chi connectivity index (χ2v) is 2.24. The SMILES string of the molecule is C1CCOOC1.CCC(O)O. The molecule has 68 valence electrons. The molecule has 1 fully saturated rings. The molecule has 0 unspecified atom stereocenters. The van der Waals surface area contributed by atoms with Crippen molar-refractivity contribution in [2.24, 2.45) is 0 Å². The van der Waals surface area contributed by atoms with Gasteiger partial charge in [0.1, 0.15) is 0 Å². The quantitative estimate of drug-likeness (QED) is 0.436. The first-order chi connectivity index (χ1) is 5.27. The minimum absolute atomic E-state index is 0.417. The Bertz CT molecular complexity index is 59.3. The Kier molecular flexibility index (Phi) is 7.83. The maximum absolute atomic E-state index is 7.92. The van der Waals surface area contributed by atoms with Gasteiger partial charge in [0.25, 0.3) is 0 Å². The fourth-order valence-corrected chi connectivity index (χ4v) is 0.440. The summed E-state index contributed by atoms with van der Waals surface area (Å²) in [6.45, 7) is 3.25. The second kappa shape index (κ2) is 7.94. The number of hydrogen-bond donors (Lipinski definition) is 2. The zero-order valence-electron chi connectivity index (χ0n) is 6.82. The summed E-state index contributed by atoms with van der Waals surface area (Å²) >= 11 is 0. The van der Waals surface area contributed by atoms with E-state index in [1.807, 2.05) is 0 Å². The normalized spacial score (nSPS) is 17.5. The molecule has 0 aromatic carbocycles. The Morgan fingerprint density at radius 3 is 1.64 bits per heavy atom. The van der Waals surface area contributed by atoms with Crippen molar-refractivity contribution in [1.29, 1.82) is 0 Å². The third kappa shape index (κ3) is 9.84. The molecule has 0 aliphatic carbocycles. The van der Waals surface area contributed by atoms with E-state index in [2.05, 4.69) is 9.78 Å². The molecule has 0 saturated carbocycles. The van der Waals surface area contributed by atoms with Crippen LogP contribution in [0.2, 0.25) is 0 Å². The van der Waals surface area contributed by atoms with Crippen molar-refractivity contribution in [3.8, 4) is 0 Å². The maximum atomic E-state index is 7.92. The van der Waals surface area contributed by atoms with E-state index < -0.39 is 6.29 Å². The van der Waals surface area contributed by atoms with E-state index >= 15 is 0 Å². The number of rotatable bonds is 1. The highest BCUT2D eigenvalue weighted by atomic mass is 17.2. The standard InChI is InChI=1S/C4H8O2.C3H8O2/c1-2-4-6-5-3-1;1-2-3(4)5/h1-4H2;3-5H,2H2,1H3. The van der Waals surface area contributed by atoms with Gasteiger partial charge in [-0.3, -0.25) is 0 Å². The van der Waals surface area contributed by atoms with Crippen LogP contribution in [0, 0.1) is 0 Å². The largest absolute Gasteiger partial charge is 0.368 e. The van der Waals surface area contributed by atoms with E-state index in [4.69, 9.17) is 10.2 Å². The first kappa shape index (κ1) is 10.8. The van der Waals surface area contributed by atoms with Crippen LogP contribution in [0.5, 0.6) is 0 Å². The Balaban J connectivity index is 0.000000187. The number of aliphatic hydroxyl groups is 2. The van der Waals surface area contributed by atoms with Gasteiger partial charge >= 0.3 is 0 Å². The molecule has 0 aromatic heterocycles. The van der Waals surface area contributed by atoms with Crippen LogP contribution in [0.1, 0.15) is 26.2 Å². The molecular formula is C7H16O4. The van der Waals surface area contributed by atoms with Crippen LogP contribution < -0.4 is 0 Å². The molecule has 1 saturated heterocycles. The first-order valence-electron chi connectivity index (χ1n) is 3.88. The van der Waals surface area contributed by atoms with E-state index in [0.717, 1.165) is 26.1 Å². The summed E-state index contributed by atoms with van der Waals surface area (Å²) in [4.78, 5) is 9.14. The highest BCUT2D eigenvalue weighted by Crippen LogP contribution is 1.97. The highest BCUT2D eigenvalue weighted by Gasteiger charge is 1.95. The van der Waals surface area contributed by atoms with E-state index in [-0.39, 0.29) is 0 Å². The average Bonchev–Trinajstić information content (AvgIpc) is 2.09. The Hall–Kier alpha value is -0.160. The second-order valence-electron chi connectivity index (χ2n) is 2.24. The van der Waals surface area contributed by atoms with Crippen LogP contribution in [0.4, 0.5) is 0 Å². The Labute approximate surface area is 66.7 Å². The molecule has 4 nitrogen and oxygen atoms in total. The van der Waals surface area contributed by atoms with Crippen LogP contribution in [0.3, 0.4) is 0 Å². The molecule has 0 atom stereocenters. The monoisotopic (exact) mass is 164 g/mol. The lowest BCUT2D eigenvalue weighted by molar-refractivity contribution is -0.312. The van der Waals surface area contributed by atoms with Crippen molar-refractivity contribution in [1.82, 2.24) is 0 Å². The molecule has 4 heteroatoms. The van der Waals surface area contributed by atoms with Gasteiger partial charge in [0, 0.05) is 0 Å². The van der Waals surface area contributed by atoms with Crippen molar-refractivity contribution < 1.29 is 20.0 Å². The molecule has 11 heavy (non-hydrogen) atoms. The third-order valence-electron chi connectivity index (χ3n) is 1.15. The topological polar surface area (TPSA) is 58.9 Å². The van der Waals surface area contributed by atoms with E-state index in [9.17, 15) is 0 Å². The average molecular weight is 164 g/mol. The van der Waals surface area contributed by atoms with Gasteiger partial charge in [-0.2, -0.15) is 0 Å². The number of hydrogen-bond acceptors (Lipinski definition) is 4. The molecule has 0 amide bonds. The minimum atomic E-state index is -1.12. The molecular weight excluding hydrogens is 148 g/mol. The van der Waals surface area contributed by atoms with Gasteiger partial charge in [-0.05, 0) is 19.3 Å². The highest BCUT2D eigenvalue weighted by molar-refractivity contribution is 4.36. The van der Waals surface area contributed by atoms with Gasteiger partial charge in [-0.1, -0.05) is 6.92 Å². The Morgan fingerprint density at radius 2 is 1.55 bits per heavy atom. The van der Waals surface area contributed by atoms with E-state index in [1.165, 1.54) is 0 Å². The summed E-state index contributed by atoms with van der Waals surface area (Å²) in [5, 5.41) is 15.8. The van der Waals surface area contributed by atoms with Gasteiger partial charge in [-0.15, -0.1) is 0 Å². The zero-order valence-corrected chi connectivity index (χ0v) is 6.82. The maximum Gasteiger partial charge on any atom is 0.151 e. The predicted octanol–water partition coefficient (Wildman–Crippen LogP) is 0.436. The van der Waals surface area contributed by atoms with Crippen LogP contribution >= 0.6 is 0 Å². The van der Waals surface area contributed by atoms with Crippen molar-refractivity contribution in [3.05, 3.63) is 0 Å². The predicted molar refractivity (Wildman–Crippen MR) is 39.7 cm³/mol. The lowest BCUT2D eigenvalue weighted by atomic mass is 10.3. The molecule has 1 aliphatic heterocycles. The molecule has 0 radical (unpaired) electrons. The van der Waals surface area contributed by atoms with Crippen molar-refractivity contribution in [3.63, 3.8) is 0 Å². The summed E-state index contributed by atoms with van der Waals surface area (Å²) in [6.07, 6.45) is 1.61. The molecule has 0 aromatic rings. The summed E-state index contributed by atoms with van der Waals surface area (Å²) in [5.74, 6) is 0. The molecule has 1 rings (SSSR count). The lowest BCUT2D eigenvalue weighted by Gasteiger charge is -2.07. The van der Waals surface area contributed by atoms with Gasteiger partial charge in [0.15, 0.2) is 6.29 Å². The molecule has 0 bridgehead atoms. The van der Waals surface area contributed by atoms with Crippen molar-refractivity contribution in [2.75, 3.05) is 13.2 Å². The molecule has 0 spiro atoms. The van der Waals surface area contributed by atoms with Crippen LogP contribution in [0.25, 0.3) is 0 Å². The first-order valence-corrected chi connectivity index (χ1v) is 3.88. The lowest BCUT2D eigenvalue weighted by Crippen LogP contribution is -2.05. The molecule has 1 heterocycles. The summed E-state index contributed by atoms with van der Waals surface area (Å²) in [5.41, 5.74) is 0. The smallest absolute Gasteiger partial charge is 0.151 e. The molecule has 2 N–H and O–H groups in total. The van der Waals surface area contributed by atoms with Gasteiger partial charge in [0.05, 0.1) is 13.2 Å². The van der Waals surface area contributed by atoms with Crippen LogP contribution in [-0.2, 0) is 9.78 Å². The zero-order chi connectivity index (χ0) is 8.53. The van der Waals surface area contributed by atoms with Crippen LogP contribution in [-0.4, -0.2) is 29.7 Å². The summed E-state index contributed by atoms with van der Waals surface area (Å²) in [7, 11) is 0. The number of aliphatic hydroxyl groups excluding tert-OH is 1. The van der Waals surface area contributed by atoms with Gasteiger partial charge in [0.2, 0.25) is 0 Å². The fraction of sp³-hybridized carbons (Fsp3) is 1.00. The van der Waals surface area contributed by atoms with Crippen molar-refractivity contribution in [2.45, 2.75) is 32.5 Å². The third-order valence-corrected chi connectivity index (χ3v) is 1.15. The van der Waals surface area contributed by atoms with Gasteiger partial charge in [-0.25, -0.2) is 9.78 Å². The molecule has 1 aliphatic rings. The summed E-state index contributed by atoms with van der Waals surface area (Å²) in [6, 6.07) is 0. The minimum Gasteiger partial charge on any atom is -0.368 e. The van der Waals surface area contributed by atoms with Crippen molar-refractivity contribution >= 4 is 0 Å². The van der Waals surface area contributed by atoms with E-state index in [0.29, 0.717) is 6.42 Å². The van der Waals surface area contributed by atoms with Crippen LogP contribution in [0.15, 0.2) is 0 Å². The summed E-state index contributed by atoms with van der Waals surface area (Å²) < 4.78 is 0. The van der Waals surface area contributed by atoms with E-state index in [1.54, 1.807) is 6.92 Å².